The first-order chi connectivity index (χ1) is 16.2. The van der Waals surface area contributed by atoms with Crippen LogP contribution in [0.25, 0.3) is 0 Å². The van der Waals surface area contributed by atoms with E-state index in [1.54, 1.807) is 12.1 Å². The fourth-order valence-corrected chi connectivity index (χ4v) is 4.79. The highest BCUT2D eigenvalue weighted by atomic mass is 79.9. The largest absolute Gasteiger partial charge is 0.496 e. The van der Waals surface area contributed by atoms with Gasteiger partial charge in [-0.3, -0.25) is 10.1 Å². The molecule has 0 heterocycles. The van der Waals surface area contributed by atoms with Gasteiger partial charge in [0.1, 0.15) is 17.2 Å². The monoisotopic (exact) mass is 550 g/mol. The zero-order valence-electron chi connectivity index (χ0n) is 18.6. The molecule has 180 valence electrons. The molecular weight excluding hydrogens is 528 g/mol. The van der Waals surface area contributed by atoms with Gasteiger partial charge in [-0.15, -0.1) is 0 Å². The Morgan fingerprint density at radius 1 is 0.941 bits per heavy atom. The molecule has 0 saturated heterocycles. The van der Waals surface area contributed by atoms with Crippen LogP contribution in [-0.4, -0.2) is 41.2 Å². The summed E-state index contributed by atoms with van der Waals surface area (Å²) in [4.78, 5) is 10.2. The Balaban J connectivity index is 2.03. The quantitative estimate of drug-likeness (QED) is 0.292. The van der Waals surface area contributed by atoms with Gasteiger partial charge in [0.25, 0.3) is 5.69 Å². The van der Waals surface area contributed by atoms with Gasteiger partial charge in [-0.25, -0.2) is 13.1 Å². The summed E-state index contributed by atoms with van der Waals surface area (Å²) in [5.41, 5.74) is 1.26. The number of methoxy groups -OCH3 is 3. The molecule has 3 aromatic rings. The summed E-state index contributed by atoms with van der Waals surface area (Å²) in [5.74, 6) is 0.979. The normalized spacial score (nSPS) is 12.1. The van der Waals surface area contributed by atoms with Crippen molar-refractivity contribution in [2.75, 3.05) is 27.9 Å². The average Bonchev–Trinajstić information content (AvgIpc) is 2.84. The van der Waals surface area contributed by atoms with Gasteiger partial charge < -0.3 is 14.2 Å². The lowest BCUT2D eigenvalue weighted by atomic mass is 9.89. The molecule has 0 saturated carbocycles. The molecule has 1 N–H and O–H groups in total. The van der Waals surface area contributed by atoms with Crippen molar-refractivity contribution in [3.05, 3.63) is 86.4 Å². The second-order valence-corrected chi connectivity index (χ2v) is 9.84. The molecule has 0 amide bonds. The molecule has 0 fully saturated rings. The molecule has 0 spiro atoms. The van der Waals surface area contributed by atoms with Crippen molar-refractivity contribution in [1.29, 1.82) is 0 Å². The highest BCUT2D eigenvalue weighted by Gasteiger charge is 2.27. The third-order valence-corrected chi connectivity index (χ3v) is 7.18. The van der Waals surface area contributed by atoms with E-state index in [0.717, 1.165) is 22.2 Å². The topological polar surface area (TPSA) is 117 Å². The van der Waals surface area contributed by atoms with Gasteiger partial charge in [0.15, 0.2) is 0 Å². The van der Waals surface area contributed by atoms with Gasteiger partial charge in [-0.1, -0.05) is 28.1 Å². The second-order valence-electron chi connectivity index (χ2n) is 7.15. The van der Waals surface area contributed by atoms with Crippen molar-refractivity contribution in [2.45, 2.75) is 10.8 Å². The Hall–Kier alpha value is -3.15. The summed E-state index contributed by atoms with van der Waals surface area (Å²) >= 11 is 3.42. The van der Waals surface area contributed by atoms with Gasteiger partial charge >= 0.3 is 0 Å². The maximum atomic E-state index is 13.0. The van der Waals surface area contributed by atoms with E-state index in [0.29, 0.717) is 22.8 Å². The van der Waals surface area contributed by atoms with Crippen molar-refractivity contribution in [1.82, 2.24) is 4.72 Å². The van der Waals surface area contributed by atoms with Gasteiger partial charge in [0.05, 0.1) is 31.1 Å². The van der Waals surface area contributed by atoms with Crippen molar-refractivity contribution < 1.29 is 27.6 Å². The van der Waals surface area contributed by atoms with E-state index >= 15 is 0 Å². The molecule has 0 aliphatic heterocycles. The summed E-state index contributed by atoms with van der Waals surface area (Å²) in [6.07, 6.45) is 0. The number of nitrogens with one attached hydrogen (secondary N) is 1. The maximum absolute atomic E-state index is 13.0. The van der Waals surface area contributed by atoms with Gasteiger partial charge in [-0.05, 0) is 29.8 Å². The highest BCUT2D eigenvalue weighted by Crippen LogP contribution is 2.42. The maximum Gasteiger partial charge on any atom is 0.269 e. The second kappa shape index (κ2) is 10.9. The van der Waals surface area contributed by atoms with E-state index in [2.05, 4.69) is 20.7 Å². The predicted octanol–water partition coefficient (Wildman–Crippen LogP) is 4.49. The highest BCUT2D eigenvalue weighted by molar-refractivity contribution is 9.10. The number of hydrogen-bond acceptors (Lipinski definition) is 7. The minimum Gasteiger partial charge on any atom is -0.496 e. The van der Waals surface area contributed by atoms with Crippen molar-refractivity contribution in [3.8, 4) is 17.2 Å². The SMILES string of the molecule is COc1cc(OC)c(C(CNS(=O)(=O)c2ccc([N+](=O)[O-])cc2)c2ccc(Br)cc2)c(OC)c1. The first-order valence-corrected chi connectivity index (χ1v) is 12.3. The number of non-ortho nitro benzene ring substituents is 1. The molecule has 0 aliphatic rings. The number of hydrogen-bond donors (Lipinski definition) is 1. The van der Waals surface area contributed by atoms with Crippen LogP contribution < -0.4 is 18.9 Å². The number of halogens is 1. The van der Waals surface area contributed by atoms with Gasteiger partial charge in [-0.2, -0.15) is 0 Å². The van der Waals surface area contributed by atoms with Crippen LogP contribution in [0.4, 0.5) is 5.69 Å². The summed E-state index contributed by atoms with van der Waals surface area (Å²) in [7, 11) is 0.587. The van der Waals surface area contributed by atoms with Gasteiger partial charge in [0.2, 0.25) is 10.0 Å². The number of nitro groups is 1. The minimum absolute atomic E-state index is 0.0278. The minimum atomic E-state index is -3.96. The van der Waals surface area contributed by atoms with Crippen LogP contribution in [-0.2, 0) is 10.0 Å². The lowest BCUT2D eigenvalue weighted by Gasteiger charge is -2.24. The van der Waals surface area contributed by atoms with Crippen LogP contribution in [0.2, 0.25) is 0 Å². The summed E-state index contributed by atoms with van der Waals surface area (Å²) in [5, 5.41) is 10.9. The van der Waals surface area contributed by atoms with Crippen LogP contribution >= 0.6 is 15.9 Å². The smallest absolute Gasteiger partial charge is 0.269 e. The Labute approximate surface area is 206 Å². The van der Waals surface area contributed by atoms with E-state index in [4.69, 9.17) is 14.2 Å². The molecule has 3 rings (SSSR count). The van der Waals surface area contributed by atoms with E-state index in [1.807, 2.05) is 24.3 Å². The zero-order chi connectivity index (χ0) is 24.9. The number of ether oxygens (including phenoxy) is 3. The Kier molecular flexibility index (Phi) is 8.13. The van der Waals surface area contributed by atoms with Crippen LogP contribution in [0.15, 0.2) is 70.0 Å². The van der Waals surface area contributed by atoms with E-state index in [-0.39, 0.29) is 17.1 Å². The van der Waals surface area contributed by atoms with Crippen molar-refractivity contribution in [2.24, 2.45) is 0 Å². The summed E-state index contributed by atoms with van der Waals surface area (Å²) in [6.45, 7) is -0.0278. The average molecular weight is 551 g/mol. The molecule has 11 heteroatoms. The molecule has 0 aliphatic carbocycles. The van der Waals surface area contributed by atoms with E-state index in [1.165, 1.54) is 33.5 Å². The van der Waals surface area contributed by atoms with Crippen LogP contribution in [0, 0.1) is 10.1 Å². The third-order valence-electron chi connectivity index (χ3n) is 5.21. The third kappa shape index (κ3) is 5.66. The van der Waals surface area contributed by atoms with Crippen LogP contribution in [0.3, 0.4) is 0 Å². The number of benzene rings is 3. The predicted molar refractivity (Wildman–Crippen MR) is 130 cm³/mol. The van der Waals surface area contributed by atoms with E-state index < -0.39 is 20.9 Å². The fourth-order valence-electron chi connectivity index (χ4n) is 3.48. The fraction of sp³-hybridized carbons (Fsp3) is 0.217. The van der Waals surface area contributed by atoms with Crippen molar-refractivity contribution >= 4 is 31.6 Å². The molecule has 0 bridgehead atoms. The first-order valence-electron chi connectivity index (χ1n) is 9.99. The molecule has 9 nitrogen and oxygen atoms in total. The Bertz CT molecular complexity index is 1240. The number of nitro benzene ring substituents is 1. The molecular formula is C23H23BrN2O7S. The molecule has 0 radical (unpaired) electrons. The molecule has 3 aromatic carbocycles. The lowest BCUT2D eigenvalue weighted by Crippen LogP contribution is -2.29. The Morgan fingerprint density at radius 2 is 1.50 bits per heavy atom. The molecule has 1 unspecified atom stereocenters. The molecule has 1 atom stereocenters. The van der Waals surface area contributed by atoms with Gasteiger partial charge in [0, 0.05) is 46.8 Å². The summed E-state index contributed by atoms with van der Waals surface area (Å²) in [6, 6.07) is 15.6. The standard InChI is InChI=1S/C23H23BrN2O7S/c1-31-18-12-21(32-2)23(22(13-18)33-3)20(15-4-6-16(24)7-5-15)14-25-34(29,30)19-10-8-17(9-11-19)26(27)28/h4-13,20,25H,14H2,1-3H3. The molecule has 34 heavy (non-hydrogen) atoms. The van der Waals surface area contributed by atoms with Crippen molar-refractivity contribution in [3.63, 3.8) is 0 Å². The Morgan fingerprint density at radius 3 is 1.97 bits per heavy atom. The number of rotatable bonds is 10. The number of sulfonamides is 1. The van der Waals surface area contributed by atoms with Crippen LogP contribution in [0.5, 0.6) is 17.2 Å². The lowest BCUT2D eigenvalue weighted by molar-refractivity contribution is -0.384. The zero-order valence-corrected chi connectivity index (χ0v) is 21.1. The summed E-state index contributed by atoms with van der Waals surface area (Å²) < 4.78 is 46.0. The first kappa shape index (κ1) is 25.5. The number of nitrogens with zero attached hydrogens (tertiary/aromatic N) is 1. The van der Waals surface area contributed by atoms with Crippen LogP contribution in [0.1, 0.15) is 17.0 Å². The van der Waals surface area contributed by atoms with E-state index in [9.17, 15) is 18.5 Å². The molecule has 0 aromatic heterocycles.